The van der Waals surface area contributed by atoms with Gasteiger partial charge >= 0.3 is 0 Å². The van der Waals surface area contributed by atoms with Gasteiger partial charge in [0.05, 0.1) is 11.8 Å². The van der Waals surface area contributed by atoms with Crippen molar-refractivity contribution in [3.05, 3.63) is 29.6 Å². The van der Waals surface area contributed by atoms with Crippen LogP contribution in [0.25, 0.3) is 0 Å². The summed E-state index contributed by atoms with van der Waals surface area (Å²) in [6.45, 7) is 2.14. The van der Waals surface area contributed by atoms with Crippen LogP contribution in [0.15, 0.2) is 18.2 Å². The molecule has 0 radical (unpaired) electrons. The molecule has 1 aliphatic heterocycles. The Balaban J connectivity index is 2.11. The molecule has 2 atom stereocenters. The molecule has 1 aliphatic rings. The molecule has 0 spiro atoms. The van der Waals surface area contributed by atoms with Crippen LogP contribution >= 0.6 is 0 Å². The third kappa shape index (κ3) is 3.81. The van der Waals surface area contributed by atoms with Gasteiger partial charge in [0.25, 0.3) is 0 Å². The second-order valence-corrected chi connectivity index (χ2v) is 5.64. The fourth-order valence-electron chi connectivity index (χ4n) is 2.73. The Morgan fingerprint density at radius 1 is 1.06 bits per heavy atom. The number of rotatable bonds is 0. The second kappa shape index (κ2) is 6.89. The lowest BCUT2D eigenvalue weighted by atomic mass is 9.95. The zero-order chi connectivity index (χ0) is 12.8. The summed E-state index contributed by atoms with van der Waals surface area (Å²) in [4.78, 5) is 4.62. The van der Waals surface area contributed by atoms with Crippen LogP contribution in [0.3, 0.4) is 0 Å². The molecule has 1 N–H and O–H groups in total. The molecule has 0 saturated carbocycles. The average molecular weight is 247 g/mol. The van der Waals surface area contributed by atoms with Crippen molar-refractivity contribution in [1.29, 1.82) is 0 Å². The molecule has 1 aromatic heterocycles. The molecule has 0 unspecified atom stereocenters. The normalized spacial score (nSPS) is 26.8. The van der Waals surface area contributed by atoms with Crippen LogP contribution in [-0.4, -0.2) is 10.1 Å². The molecule has 2 heteroatoms. The van der Waals surface area contributed by atoms with E-state index >= 15 is 0 Å². The zero-order valence-corrected chi connectivity index (χ0v) is 11.4. The summed E-state index contributed by atoms with van der Waals surface area (Å²) < 4.78 is 0. The number of nitrogens with zero attached hydrogens (tertiary/aromatic N) is 1. The lowest BCUT2D eigenvalue weighted by Gasteiger charge is -2.18. The fourth-order valence-corrected chi connectivity index (χ4v) is 2.73. The van der Waals surface area contributed by atoms with E-state index in [0.717, 1.165) is 24.2 Å². The van der Waals surface area contributed by atoms with E-state index in [9.17, 15) is 5.11 Å². The van der Waals surface area contributed by atoms with Crippen LogP contribution in [0.2, 0.25) is 0 Å². The molecular formula is C16H25NO. The minimum Gasteiger partial charge on any atom is -0.387 e. The predicted octanol–water partition coefficient (Wildman–Crippen LogP) is 4.04. The Hall–Kier alpha value is -0.890. The highest BCUT2D eigenvalue weighted by molar-refractivity contribution is 5.14. The summed E-state index contributed by atoms with van der Waals surface area (Å²) in [6.07, 6.45) is 9.52. The van der Waals surface area contributed by atoms with Crippen LogP contribution in [0.4, 0.5) is 0 Å². The Morgan fingerprint density at radius 2 is 1.78 bits per heavy atom. The van der Waals surface area contributed by atoms with Crippen molar-refractivity contribution in [3.8, 4) is 0 Å². The Labute approximate surface area is 110 Å². The number of fused-ring (bicyclic) bond motifs is 2. The second-order valence-electron chi connectivity index (χ2n) is 5.64. The maximum Gasteiger partial charge on any atom is 0.0985 e. The Bertz CT molecular complexity index is 364. The minimum atomic E-state index is -0.397. The van der Waals surface area contributed by atoms with Crippen molar-refractivity contribution in [2.45, 2.75) is 64.4 Å². The number of aliphatic hydroxyl groups is 1. The fraction of sp³-hybridized carbons (Fsp3) is 0.688. The molecule has 100 valence electrons. The molecule has 0 amide bonds. The Morgan fingerprint density at radius 3 is 2.61 bits per heavy atom. The first kappa shape index (κ1) is 13.5. The van der Waals surface area contributed by atoms with Crippen molar-refractivity contribution in [2.24, 2.45) is 5.92 Å². The van der Waals surface area contributed by atoms with Crippen molar-refractivity contribution >= 4 is 0 Å². The third-order valence-electron chi connectivity index (χ3n) is 4.01. The maximum atomic E-state index is 10.3. The van der Waals surface area contributed by atoms with Crippen molar-refractivity contribution < 1.29 is 5.11 Å². The highest BCUT2D eigenvalue weighted by Gasteiger charge is 2.17. The van der Waals surface area contributed by atoms with Crippen LogP contribution in [-0.2, 0) is 6.42 Å². The highest BCUT2D eigenvalue weighted by atomic mass is 16.3. The quantitative estimate of drug-likeness (QED) is 0.750. The summed E-state index contributed by atoms with van der Waals surface area (Å²) in [5, 5.41) is 10.3. The molecule has 2 rings (SSSR count). The first-order chi connectivity index (χ1) is 8.77. The average Bonchev–Trinajstić information content (AvgIpc) is 2.40. The van der Waals surface area contributed by atoms with Gasteiger partial charge in [0.1, 0.15) is 0 Å². The van der Waals surface area contributed by atoms with Gasteiger partial charge in [-0.25, -0.2) is 0 Å². The van der Waals surface area contributed by atoms with E-state index in [-0.39, 0.29) is 0 Å². The number of aryl methyl sites for hydroxylation is 1. The van der Waals surface area contributed by atoms with Gasteiger partial charge in [0.15, 0.2) is 0 Å². The summed E-state index contributed by atoms with van der Waals surface area (Å²) in [6, 6.07) is 6.08. The molecule has 2 heterocycles. The van der Waals surface area contributed by atoms with Gasteiger partial charge in [-0.05, 0) is 37.3 Å². The van der Waals surface area contributed by atoms with E-state index in [1.807, 2.05) is 12.1 Å². The molecule has 0 saturated heterocycles. The van der Waals surface area contributed by atoms with Crippen LogP contribution in [0.5, 0.6) is 0 Å². The lowest BCUT2D eigenvalue weighted by Crippen LogP contribution is -2.11. The van der Waals surface area contributed by atoms with Gasteiger partial charge in [-0.1, -0.05) is 45.1 Å². The number of aliphatic hydroxyl groups excluding tert-OH is 1. The van der Waals surface area contributed by atoms with Gasteiger partial charge in [0.2, 0.25) is 0 Å². The van der Waals surface area contributed by atoms with Gasteiger partial charge < -0.3 is 5.11 Å². The molecule has 0 aliphatic carbocycles. The highest BCUT2D eigenvalue weighted by Crippen LogP contribution is 2.26. The molecule has 0 fully saturated rings. The standard InChI is InChI=1S/C16H25NO/c1-13-9-6-4-2-3-5-7-10-14-11-8-12-15(17-14)16(13)18/h8,11-13,16,18H,2-7,9-10H2,1H3/t13-,16+/m1/s1. The van der Waals surface area contributed by atoms with E-state index < -0.39 is 6.10 Å². The van der Waals surface area contributed by atoms with Gasteiger partial charge in [-0.2, -0.15) is 0 Å². The van der Waals surface area contributed by atoms with Crippen molar-refractivity contribution in [2.75, 3.05) is 0 Å². The molecule has 0 aromatic carbocycles. The van der Waals surface area contributed by atoms with Crippen LogP contribution in [0, 0.1) is 5.92 Å². The van der Waals surface area contributed by atoms with Crippen molar-refractivity contribution in [1.82, 2.24) is 4.98 Å². The molecule has 2 bridgehead atoms. The Kier molecular flexibility index (Phi) is 5.18. The third-order valence-corrected chi connectivity index (χ3v) is 4.01. The van der Waals surface area contributed by atoms with Crippen LogP contribution < -0.4 is 0 Å². The number of pyridine rings is 1. The molecule has 2 nitrogen and oxygen atoms in total. The smallest absolute Gasteiger partial charge is 0.0985 e. The van der Waals surface area contributed by atoms with Crippen molar-refractivity contribution in [3.63, 3.8) is 0 Å². The summed E-state index contributed by atoms with van der Waals surface area (Å²) in [5.74, 6) is 0.313. The van der Waals surface area contributed by atoms with Gasteiger partial charge in [-0.15, -0.1) is 0 Å². The van der Waals surface area contributed by atoms with E-state index in [0.29, 0.717) is 5.92 Å². The largest absolute Gasteiger partial charge is 0.387 e. The SMILES string of the molecule is C[C@@H]1CCCCCCCCc2cccc(n2)[C@H]1O. The minimum absolute atomic E-state index is 0.313. The molecule has 18 heavy (non-hydrogen) atoms. The first-order valence-corrected chi connectivity index (χ1v) is 7.41. The first-order valence-electron chi connectivity index (χ1n) is 7.41. The van der Waals surface area contributed by atoms with Crippen LogP contribution in [0.1, 0.15) is 69.4 Å². The maximum absolute atomic E-state index is 10.3. The predicted molar refractivity (Wildman–Crippen MR) is 74.4 cm³/mol. The summed E-state index contributed by atoms with van der Waals surface area (Å²) in [7, 11) is 0. The van der Waals surface area contributed by atoms with E-state index in [1.165, 1.54) is 38.5 Å². The lowest BCUT2D eigenvalue weighted by molar-refractivity contribution is 0.107. The number of aromatic nitrogens is 1. The number of hydrogen-bond acceptors (Lipinski definition) is 2. The summed E-state index contributed by atoms with van der Waals surface area (Å²) >= 11 is 0. The van der Waals surface area contributed by atoms with Gasteiger partial charge in [0, 0.05) is 5.69 Å². The van der Waals surface area contributed by atoms with E-state index in [4.69, 9.17) is 0 Å². The topological polar surface area (TPSA) is 33.1 Å². The van der Waals surface area contributed by atoms with Gasteiger partial charge in [-0.3, -0.25) is 4.98 Å². The summed E-state index contributed by atoms with van der Waals surface area (Å²) in [5.41, 5.74) is 2.00. The molecular weight excluding hydrogens is 222 g/mol. The molecule has 1 aromatic rings. The van der Waals surface area contributed by atoms with E-state index in [1.54, 1.807) is 0 Å². The van der Waals surface area contributed by atoms with E-state index in [2.05, 4.69) is 18.0 Å². The zero-order valence-electron chi connectivity index (χ0n) is 11.4. The monoisotopic (exact) mass is 247 g/mol. The number of hydrogen-bond donors (Lipinski definition) is 1.